The number of para-hydroxylation sites is 1. The summed E-state index contributed by atoms with van der Waals surface area (Å²) in [5, 5.41) is 4.03. The van der Waals surface area contributed by atoms with Crippen molar-refractivity contribution in [1.29, 1.82) is 0 Å². The van der Waals surface area contributed by atoms with Gasteiger partial charge >= 0.3 is 0 Å². The molecule has 4 rings (SSSR count). The summed E-state index contributed by atoms with van der Waals surface area (Å²) in [6.07, 6.45) is 2.30. The van der Waals surface area contributed by atoms with Gasteiger partial charge in [-0.3, -0.25) is 14.5 Å². The molecular formula is C23H26N4O3S2. The van der Waals surface area contributed by atoms with E-state index in [1.807, 2.05) is 32.0 Å². The maximum atomic E-state index is 12.9. The molecule has 0 radical (unpaired) electrons. The van der Waals surface area contributed by atoms with E-state index in [1.165, 1.54) is 4.70 Å². The van der Waals surface area contributed by atoms with E-state index in [1.54, 1.807) is 35.6 Å². The molecule has 3 aromatic rings. The van der Waals surface area contributed by atoms with Gasteiger partial charge in [-0.05, 0) is 36.6 Å². The molecule has 7 nitrogen and oxygen atoms in total. The molecule has 0 saturated heterocycles. The molecular weight excluding hydrogens is 444 g/mol. The van der Waals surface area contributed by atoms with Crippen molar-refractivity contribution in [3.05, 3.63) is 59.1 Å². The van der Waals surface area contributed by atoms with Gasteiger partial charge in [-0.1, -0.05) is 44.5 Å². The zero-order valence-electron chi connectivity index (χ0n) is 18.0. The van der Waals surface area contributed by atoms with Gasteiger partial charge in [0.15, 0.2) is 0 Å². The summed E-state index contributed by atoms with van der Waals surface area (Å²) in [7, 11) is -3.64. The van der Waals surface area contributed by atoms with Gasteiger partial charge in [0, 0.05) is 18.5 Å². The fourth-order valence-corrected chi connectivity index (χ4v) is 5.87. The van der Waals surface area contributed by atoms with E-state index in [-0.39, 0.29) is 22.6 Å². The second kappa shape index (κ2) is 9.38. The normalized spacial score (nSPS) is 17.6. The number of hydrogen-bond donors (Lipinski definition) is 2. The number of sulfonamides is 1. The number of fused-ring (bicyclic) bond motifs is 2. The van der Waals surface area contributed by atoms with E-state index in [0.29, 0.717) is 12.1 Å². The van der Waals surface area contributed by atoms with Crippen LogP contribution in [-0.2, 0) is 21.2 Å². The van der Waals surface area contributed by atoms with E-state index in [9.17, 15) is 13.2 Å². The van der Waals surface area contributed by atoms with Gasteiger partial charge < -0.3 is 5.32 Å². The standard InChI is InChI=1S/C23H26N4O3S2/c1-3-15(2)21(26-22-16-9-4-7-12-19(16)32(29,30)27-22)23(28)24-14-8-13-20-25-17-10-5-6-11-18(17)31-20/h4-7,9-12,15,21H,3,8,13-14H2,1-2H3,(H,24,28)(H,26,27)/t15-,21-/m0/s1. The number of aryl methyl sites for hydroxylation is 1. The Hall–Kier alpha value is -2.78. The summed E-state index contributed by atoms with van der Waals surface area (Å²) >= 11 is 1.67. The SMILES string of the molecule is CC[C@H](C)[C@H](N=C1NS(=O)(=O)c2ccccc21)C(=O)NCCCc1nc2ccccc2s1. The van der Waals surface area contributed by atoms with E-state index in [4.69, 9.17) is 0 Å². The molecule has 0 spiro atoms. The second-order valence-electron chi connectivity index (χ2n) is 7.88. The van der Waals surface area contributed by atoms with Crippen LogP contribution in [0.4, 0.5) is 0 Å². The lowest BCUT2D eigenvalue weighted by molar-refractivity contribution is -0.123. The minimum Gasteiger partial charge on any atom is -0.354 e. The molecule has 1 amide bonds. The minimum atomic E-state index is -3.64. The van der Waals surface area contributed by atoms with Crippen molar-refractivity contribution in [1.82, 2.24) is 15.0 Å². The zero-order chi connectivity index (χ0) is 22.7. The summed E-state index contributed by atoms with van der Waals surface area (Å²) < 4.78 is 28.4. The highest BCUT2D eigenvalue weighted by Crippen LogP contribution is 2.24. The fourth-order valence-electron chi connectivity index (χ4n) is 3.62. The molecule has 0 fully saturated rings. The fraction of sp³-hybridized carbons (Fsp3) is 0.348. The third-order valence-electron chi connectivity index (χ3n) is 5.59. The number of amides is 1. The highest BCUT2D eigenvalue weighted by Gasteiger charge is 2.33. The Balaban J connectivity index is 1.42. The largest absolute Gasteiger partial charge is 0.354 e. The molecule has 1 aliphatic heterocycles. The number of aromatic nitrogens is 1. The maximum Gasteiger partial charge on any atom is 0.263 e. The molecule has 0 aliphatic carbocycles. The van der Waals surface area contributed by atoms with Crippen molar-refractivity contribution in [3.8, 4) is 0 Å². The first kappa shape index (κ1) is 22.4. The summed E-state index contributed by atoms with van der Waals surface area (Å²) in [5.41, 5.74) is 1.51. The summed E-state index contributed by atoms with van der Waals surface area (Å²) in [4.78, 5) is 22.3. The van der Waals surface area contributed by atoms with E-state index < -0.39 is 16.1 Å². The Morgan fingerprint density at radius 1 is 1.19 bits per heavy atom. The summed E-state index contributed by atoms with van der Waals surface area (Å²) in [6, 6.07) is 14.0. The molecule has 168 valence electrons. The van der Waals surface area contributed by atoms with Crippen molar-refractivity contribution < 1.29 is 13.2 Å². The first-order valence-corrected chi connectivity index (χ1v) is 13.0. The number of nitrogens with one attached hydrogen (secondary N) is 2. The summed E-state index contributed by atoms with van der Waals surface area (Å²) in [5.74, 6) is -0.000664. The Bertz CT molecular complexity index is 1230. The lowest BCUT2D eigenvalue weighted by Gasteiger charge is -2.19. The van der Waals surface area contributed by atoms with Crippen LogP contribution in [0.3, 0.4) is 0 Å². The first-order chi connectivity index (χ1) is 15.4. The molecule has 1 aromatic heterocycles. The molecule has 2 atom stereocenters. The molecule has 0 unspecified atom stereocenters. The third-order valence-corrected chi connectivity index (χ3v) is 8.08. The number of benzene rings is 2. The maximum absolute atomic E-state index is 12.9. The Morgan fingerprint density at radius 2 is 1.94 bits per heavy atom. The van der Waals surface area contributed by atoms with E-state index >= 15 is 0 Å². The lowest BCUT2D eigenvalue weighted by Crippen LogP contribution is -2.39. The van der Waals surface area contributed by atoms with E-state index in [0.717, 1.165) is 29.8 Å². The molecule has 0 saturated carbocycles. The lowest BCUT2D eigenvalue weighted by atomic mass is 9.98. The number of rotatable bonds is 8. The van der Waals surface area contributed by atoms with Crippen LogP contribution in [0.2, 0.25) is 0 Å². The number of amidine groups is 1. The summed E-state index contributed by atoms with van der Waals surface area (Å²) in [6.45, 7) is 4.45. The average Bonchev–Trinajstić information content (AvgIpc) is 3.32. The monoisotopic (exact) mass is 470 g/mol. The van der Waals surface area contributed by atoms with Gasteiger partial charge in [0.2, 0.25) is 5.91 Å². The minimum absolute atomic E-state index is 0.0379. The zero-order valence-corrected chi connectivity index (χ0v) is 19.7. The van der Waals surface area contributed by atoms with Crippen molar-refractivity contribution in [2.75, 3.05) is 6.54 Å². The smallest absolute Gasteiger partial charge is 0.263 e. The number of hydrogen-bond acceptors (Lipinski definition) is 6. The quantitative estimate of drug-likeness (QED) is 0.492. The van der Waals surface area contributed by atoms with Crippen molar-refractivity contribution in [3.63, 3.8) is 0 Å². The van der Waals surface area contributed by atoms with Gasteiger partial charge in [-0.2, -0.15) is 0 Å². The van der Waals surface area contributed by atoms with Crippen LogP contribution in [0.15, 0.2) is 58.4 Å². The van der Waals surface area contributed by atoms with Gasteiger partial charge in [0.05, 0.1) is 20.1 Å². The third kappa shape index (κ3) is 4.68. The van der Waals surface area contributed by atoms with Gasteiger partial charge in [0.1, 0.15) is 11.9 Å². The van der Waals surface area contributed by atoms with Crippen molar-refractivity contribution in [2.45, 2.75) is 44.0 Å². The molecule has 9 heteroatoms. The van der Waals surface area contributed by atoms with Crippen LogP contribution >= 0.6 is 11.3 Å². The van der Waals surface area contributed by atoms with Crippen molar-refractivity contribution in [2.24, 2.45) is 10.9 Å². The number of aliphatic imine (C=N–C) groups is 1. The molecule has 2 aromatic carbocycles. The van der Waals surface area contributed by atoms with Crippen LogP contribution in [0.1, 0.15) is 37.3 Å². The number of carbonyl (C=O) groups excluding carboxylic acids is 1. The number of thiazole rings is 1. The van der Waals surface area contributed by atoms with Gasteiger partial charge in [-0.25, -0.2) is 13.4 Å². The Kier molecular flexibility index (Phi) is 6.57. The van der Waals surface area contributed by atoms with Crippen molar-refractivity contribution >= 4 is 43.3 Å². The van der Waals surface area contributed by atoms with Gasteiger partial charge in [-0.15, -0.1) is 11.3 Å². The predicted molar refractivity (Wildman–Crippen MR) is 127 cm³/mol. The average molecular weight is 471 g/mol. The van der Waals surface area contributed by atoms with E-state index in [2.05, 4.69) is 26.1 Å². The van der Waals surface area contributed by atoms with Crippen LogP contribution < -0.4 is 10.0 Å². The molecule has 0 bridgehead atoms. The Labute approximate surface area is 192 Å². The topological polar surface area (TPSA) is 101 Å². The highest BCUT2D eigenvalue weighted by molar-refractivity contribution is 7.90. The molecule has 2 N–H and O–H groups in total. The second-order valence-corrected chi connectivity index (χ2v) is 10.6. The molecule has 32 heavy (non-hydrogen) atoms. The number of carbonyl (C=O) groups is 1. The predicted octanol–water partition coefficient (Wildman–Crippen LogP) is 3.50. The highest BCUT2D eigenvalue weighted by atomic mass is 32.2. The molecule has 2 heterocycles. The van der Waals surface area contributed by atoms with Crippen LogP contribution in [-0.4, -0.2) is 37.7 Å². The van der Waals surface area contributed by atoms with Crippen LogP contribution in [0.5, 0.6) is 0 Å². The number of nitrogens with zero attached hydrogens (tertiary/aromatic N) is 2. The van der Waals surface area contributed by atoms with Gasteiger partial charge in [0.25, 0.3) is 10.0 Å². The van der Waals surface area contributed by atoms with Crippen LogP contribution in [0.25, 0.3) is 10.2 Å². The Morgan fingerprint density at radius 3 is 2.72 bits per heavy atom. The van der Waals surface area contributed by atoms with Crippen LogP contribution in [0, 0.1) is 5.92 Å². The molecule has 1 aliphatic rings. The first-order valence-electron chi connectivity index (χ1n) is 10.7.